The Bertz CT molecular complexity index is 1050. The Morgan fingerprint density at radius 2 is 1.90 bits per heavy atom. The number of aliphatic hydroxyl groups excluding tert-OH is 2. The van der Waals surface area contributed by atoms with Crippen LogP contribution in [0.2, 0.25) is 0 Å². The van der Waals surface area contributed by atoms with Crippen molar-refractivity contribution in [2.24, 2.45) is 0 Å². The number of likely N-dealkylation sites (tertiary alicyclic amines) is 1. The second-order valence-electron chi connectivity index (χ2n) is 6.66. The van der Waals surface area contributed by atoms with Crippen LogP contribution in [0, 0.1) is 15.9 Å². The summed E-state index contributed by atoms with van der Waals surface area (Å²) in [4.78, 5) is 36.9. The summed E-state index contributed by atoms with van der Waals surface area (Å²) in [5.74, 6) is -3.35. The molecule has 1 fully saturated rings. The molecule has 1 amide bonds. The van der Waals surface area contributed by atoms with Gasteiger partial charge in [-0.1, -0.05) is 30.3 Å². The quantitative estimate of drug-likeness (QED) is 0.164. The van der Waals surface area contributed by atoms with Crippen LogP contribution in [0.15, 0.2) is 54.1 Å². The Balaban J connectivity index is 2.12. The van der Waals surface area contributed by atoms with E-state index in [9.17, 15) is 29.2 Å². The molecule has 1 aliphatic rings. The minimum absolute atomic E-state index is 0.0158. The molecule has 0 radical (unpaired) electrons. The molecule has 2 N–H and O–H groups in total. The molecule has 162 valence electrons. The van der Waals surface area contributed by atoms with Gasteiger partial charge in [0.1, 0.15) is 11.6 Å². The summed E-state index contributed by atoms with van der Waals surface area (Å²) in [6.07, 6.45) is 0. The SMILES string of the molecule is O=C1C(=O)N(CCOCCO)C(c2ccccc2F)/C1=C(/O)c1cccc([N+](=O)[O-])c1. The van der Waals surface area contributed by atoms with Crippen LogP contribution in [0.5, 0.6) is 0 Å². The molecule has 1 aliphatic heterocycles. The van der Waals surface area contributed by atoms with Crippen molar-refractivity contribution < 1.29 is 33.9 Å². The predicted octanol–water partition coefficient (Wildman–Crippen LogP) is 2.16. The number of nitro benzene ring substituents is 1. The molecular weight excluding hydrogens is 411 g/mol. The number of rotatable bonds is 8. The first-order valence-electron chi connectivity index (χ1n) is 9.33. The van der Waals surface area contributed by atoms with Crippen LogP contribution in [0.1, 0.15) is 17.2 Å². The fourth-order valence-corrected chi connectivity index (χ4v) is 3.38. The maximum absolute atomic E-state index is 14.6. The normalized spacial score (nSPS) is 17.9. The third-order valence-electron chi connectivity index (χ3n) is 4.78. The number of ketones is 1. The molecule has 0 aromatic heterocycles. The number of hydrogen-bond acceptors (Lipinski definition) is 7. The minimum atomic E-state index is -1.25. The molecule has 1 atom stereocenters. The van der Waals surface area contributed by atoms with Crippen molar-refractivity contribution in [2.75, 3.05) is 26.4 Å². The third kappa shape index (κ3) is 4.44. The van der Waals surface area contributed by atoms with Crippen molar-refractivity contribution >= 4 is 23.1 Å². The van der Waals surface area contributed by atoms with Crippen molar-refractivity contribution in [3.05, 3.63) is 81.2 Å². The highest BCUT2D eigenvalue weighted by Gasteiger charge is 2.46. The van der Waals surface area contributed by atoms with Gasteiger partial charge in [0.25, 0.3) is 17.4 Å². The molecule has 0 aliphatic carbocycles. The van der Waals surface area contributed by atoms with Crippen molar-refractivity contribution in [1.82, 2.24) is 4.90 Å². The van der Waals surface area contributed by atoms with E-state index in [0.717, 1.165) is 17.0 Å². The minimum Gasteiger partial charge on any atom is -0.507 e. The van der Waals surface area contributed by atoms with Crippen molar-refractivity contribution in [3.63, 3.8) is 0 Å². The number of ether oxygens (including phenoxy) is 1. The van der Waals surface area contributed by atoms with E-state index in [1.165, 1.54) is 36.4 Å². The first kappa shape index (κ1) is 22.1. The molecule has 0 bridgehead atoms. The van der Waals surface area contributed by atoms with Gasteiger partial charge in [0.15, 0.2) is 0 Å². The summed E-state index contributed by atoms with van der Waals surface area (Å²) >= 11 is 0. The van der Waals surface area contributed by atoms with Gasteiger partial charge < -0.3 is 19.8 Å². The smallest absolute Gasteiger partial charge is 0.295 e. The molecular formula is C21H19FN2O7. The summed E-state index contributed by atoms with van der Waals surface area (Å²) in [6, 6.07) is 9.19. The average Bonchev–Trinajstić information content (AvgIpc) is 3.01. The molecule has 1 unspecified atom stereocenters. The Morgan fingerprint density at radius 1 is 1.16 bits per heavy atom. The van der Waals surface area contributed by atoms with E-state index >= 15 is 0 Å². The van der Waals surface area contributed by atoms with Gasteiger partial charge in [-0.3, -0.25) is 19.7 Å². The lowest BCUT2D eigenvalue weighted by Gasteiger charge is -2.25. The standard InChI is InChI=1S/C21H19FN2O7/c22-16-7-2-1-6-15(16)18-17(19(26)13-4-3-5-14(12-13)24(29)30)20(27)21(28)23(18)8-10-31-11-9-25/h1-7,12,18,25-26H,8-11H2/b19-17-. The maximum Gasteiger partial charge on any atom is 0.295 e. The van der Waals surface area contributed by atoms with Gasteiger partial charge in [0.2, 0.25) is 0 Å². The van der Waals surface area contributed by atoms with E-state index in [-0.39, 0.29) is 48.8 Å². The summed E-state index contributed by atoms with van der Waals surface area (Å²) in [7, 11) is 0. The van der Waals surface area contributed by atoms with E-state index in [1.54, 1.807) is 0 Å². The van der Waals surface area contributed by atoms with Crippen LogP contribution in [-0.4, -0.2) is 58.1 Å². The van der Waals surface area contributed by atoms with Gasteiger partial charge >= 0.3 is 0 Å². The summed E-state index contributed by atoms with van der Waals surface area (Å²) in [5.41, 5.74) is -0.767. The van der Waals surface area contributed by atoms with Crippen LogP contribution in [0.25, 0.3) is 5.76 Å². The molecule has 0 saturated carbocycles. The van der Waals surface area contributed by atoms with Crippen molar-refractivity contribution in [3.8, 4) is 0 Å². The van der Waals surface area contributed by atoms with E-state index in [2.05, 4.69) is 0 Å². The molecule has 9 nitrogen and oxygen atoms in total. The number of Topliss-reactive ketones (excluding diaryl/α,β-unsaturated/α-hetero) is 1. The third-order valence-corrected chi connectivity index (χ3v) is 4.78. The van der Waals surface area contributed by atoms with Crippen LogP contribution in [0.4, 0.5) is 10.1 Å². The first-order chi connectivity index (χ1) is 14.9. The molecule has 10 heteroatoms. The molecule has 3 rings (SSSR count). The first-order valence-corrected chi connectivity index (χ1v) is 9.33. The molecule has 1 saturated heterocycles. The van der Waals surface area contributed by atoms with Gasteiger partial charge in [-0.25, -0.2) is 4.39 Å². The number of nitrogens with zero attached hydrogens (tertiary/aromatic N) is 2. The Labute approximate surface area is 176 Å². The largest absolute Gasteiger partial charge is 0.507 e. The summed E-state index contributed by atoms with van der Waals surface area (Å²) in [5, 5.41) is 30.7. The van der Waals surface area contributed by atoms with E-state index in [0.29, 0.717) is 0 Å². The van der Waals surface area contributed by atoms with Crippen molar-refractivity contribution in [2.45, 2.75) is 6.04 Å². The second kappa shape index (κ2) is 9.45. The van der Waals surface area contributed by atoms with Gasteiger partial charge in [-0.2, -0.15) is 0 Å². The topological polar surface area (TPSA) is 130 Å². The molecule has 2 aromatic rings. The van der Waals surface area contributed by atoms with E-state index in [4.69, 9.17) is 9.84 Å². The number of benzene rings is 2. The lowest BCUT2D eigenvalue weighted by molar-refractivity contribution is -0.384. The number of carbonyl (C=O) groups excluding carboxylic acids is 2. The second-order valence-corrected chi connectivity index (χ2v) is 6.66. The Morgan fingerprint density at radius 3 is 2.58 bits per heavy atom. The highest BCUT2D eigenvalue weighted by atomic mass is 19.1. The highest BCUT2D eigenvalue weighted by Crippen LogP contribution is 2.40. The zero-order chi connectivity index (χ0) is 22.5. The lowest BCUT2D eigenvalue weighted by atomic mass is 9.95. The number of non-ortho nitro benzene ring substituents is 1. The number of carbonyl (C=O) groups is 2. The fourth-order valence-electron chi connectivity index (χ4n) is 3.38. The Kier molecular flexibility index (Phi) is 6.73. The van der Waals surface area contributed by atoms with E-state index in [1.807, 2.05) is 0 Å². The number of amides is 1. The number of hydrogen-bond donors (Lipinski definition) is 2. The van der Waals surface area contributed by atoms with Gasteiger partial charge in [0.05, 0.1) is 36.4 Å². The van der Waals surface area contributed by atoms with Crippen LogP contribution in [-0.2, 0) is 14.3 Å². The number of nitro groups is 1. The fraction of sp³-hybridized carbons (Fsp3) is 0.238. The van der Waals surface area contributed by atoms with Crippen LogP contribution >= 0.6 is 0 Å². The zero-order valence-corrected chi connectivity index (χ0v) is 16.2. The van der Waals surface area contributed by atoms with E-state index < -0.39 is 34.2 Å². The van der Waals surface area contributed by atoms with Gasteiger partial charge in [0, 0.05) is 29.8 Å². The monoisotopic (exact) mass is 430 g/mol. The van der Waals surface area contributed by atoms with Gasteiger partial charge in [-0.05, 0) is 6.07 Å². The predicted molar refractivity (Wildman–Crippen MR) is 106 cm³/mol. The number of halogens is 1. The molecule has 31 heavy (non-hydrogen) atoms. The molecule has 0 spiro atoms. The highest BCUT2D eigenvalue weighted by molar-refractivity contribution is 6.46. The molecule has 1 heterocycles. The van der Waals surface area contributed by atoms with Gasteiger partial charge in [-0.15, -0.1) is 0 Å². The number of aliphatic hydroxyl groups is 2. The maximum atomic E-state index is 14.6. The summed E-state index contributed by atoms with van der Waals surface area (Å²) in [6.45, 7) is -0.352. The van der Waals surface area contributed by atoms with Crippen LogP contribution in [0.3, 0.4) is 0 Å². The van der Waals surface area contributed by atoms with Crippen molar-refractivity contribution in [1.29, 1.82) is 0 Å². The zero-order valence-electron chi connectivity index (χ0n) is 16.2. The van der Waals surface area contributed by atoms with Crippen LogP contribution < -0.4 is 0 Å². The Hall–Kier alpha value is -3.63. The molecule has 2 aromatic carbocycles. The average molecular weight is 430 g/mol. The lowest BCUT2D eigenvalue weighted by Crippen LogP contribution is -2.33. The summed E-state index contributed by atoms with van der Waals surface area (Å²) < 4.78 is 19.8.